The number of terminal acetylenes is 1. The minimum Gasteiger partial charge on any atom is -0.493 e. The number of hydrogen-bond donors (Lipinski definition) is 1. The van der Waals surface area contributed by atoms with Gasteiger partial charge in [-0.3, -0.25) is 4.79 Å². The molecule has 1 N–H and O–H groups in total. The van der Waals surface area contributed by atoms with Crippen LogP contribution in [0, 0.1) is 35.3 Å². The van der Waals surface area contributed by atoms with Crippen LogP contribution in [0.15, 0.2) is 36.4 Å². The lowest BCUT2D eigenvalue weighted by molar-refractivity contribution is -0.121. The molecule has 0 saturated carbocycles. The van der Waals surface area contributed by atoms with Gasteiger partial charge in [-0.2, -0.15) is 5.26 Å². The number of ether oxygens (including phenoxy) is 2. The first-order chi connectivity index (χ1) is 13.5. The van der Waals surface area contributed by atoms with Gasteiger partial charge >= 0.3 is 0 Å². The number of carbonyl (C=O) groups excluding carboxylic acids is 1. The summed E-state index contributed by atoms with van der Waals surface area (Å²) in [6.07, 6.45) is 5.59. The number of benzene rings is 2. The molecule has 1 atom stereocenters. The number of hydrogen-bond acceptors (Lipinski definition) is 4. The van der Waals surface area contributed by atoms with E-state index in [1.807, 2.05) is 0 Å². The highest BCUT2D eigenvalue weighted by Crippen LogP contribution is 2.28. The van der Waals surface area contributed by atoms with E-state index in [0.29, 0.717) is 24.0 Å². The van der Waals surface area contributed by atoms with Crippen molar-refractivity contribution in [3.8, 4) is 29.9 Å². The molecule has 28 heavy (non-hydrogen) atoms. The Balaban J connectivity index is 1.99. The van der Waals surface area contributed by atoms with E-state index in [0.717, 1.165) is 17.7 Å². The molecule has 0 aliphatic rings. The predicted octanol–water partition coefficient (Wildman–Crippen LogP) is 3.30. The number of nitrogens with zero attached hydrogens (tertiary/aromatic N) is 1. The molecule has 2 aromatic rings. The van der Waals surface area contributed by atoms with E-state index in [1.165, 1.54) is 7.11 Å². The van der Waals surface area contributed by atoms with Crippen LogP contribution in [0.25, 0.3) is 0 Å². The molecule has 0 radical (unpaired) electrons. The molecule has 0 aliphatic heterocycles. The van der Waals surface area contributed by atoms with Gasteiger partial charge in [0.2, 0.25) is 5.91 Å². The van der Waals surface area contributed by atoms with Crippen LogP contribution in [0.3, 0.4) is 0 Å². The van der Waals surface area contributed by atoms with Crippen LogP contribution in [0.5, 0.6) is 11.5 Å². The number of nitrogens with one attached hydrogen (secondary N) is 1. The molecule has 1 unspecified atom stereocenters. The van der Waals surface area contributed by atoms with Crippen molar-refractivity contribution in [1.82, 2.24) is 5.32 Å². The summed E-state index contributed by atoms with van der Waals surface area (Å²) in [6, 6.07) is 8.62. The lowest BCUT2D eigenvalue weighted by Gasteiger charge is -2.13. The molecular weight excluding hydrogens is 366 g/mol. The normalized spacial score (nSPS) is 11.0. The molecule has 0 spiro atoms. The van der Waals surface area contributed by atoms with Crippen molar-refractivity contribution in [2.75, 3.05) is 13.7 Å². The van der Waals surface area contributed by atoms with Crippen molar-refractivity contribution >= 4 is 5.91 Å². The molecule has 144 valence electrons. The van der Waals surface area contributed by atoms with E-state index in [2.05, 4.69) is 11.2 Å². The zero-order chi connectivity index (χ0) is 20.5. The Morgan fingerprint density at radius 2 is 2.04 bits per heavy atom. The molecule has 2 aromatic carbocycles. The maximum absolute atomic E-state index is 13.8. The number of aryl methyl sites for hydroxylation is 1. The van der Waals surface area contributed by atoms with Gasteiger partial charge in [-0.25, -0.2) is 8.78 Å². The molecule has 0 fully saturated rings. The van der Waals surface area contributed by atoms with Crippen LogP contribution in [0.4, 0.5) is 8.78 Å². The zero-order valence-corrected chi connectivity index (χ0v) is 15.2. The minimum atomic E-state index is -1.21. The third-order valence-corrected chi connectivity index (χ3v) is 3.89. The summed E-state index contributed by atoms with van der Waals surface area (Å²) in [4.78, 5) is 12.2. The molecule has 5 nitrogen and oxygen atoms in total. The highest BCUT2D eigenvalue weighted by Gasteiger charge is 2.18. The number of rotatable bonds is 8. The predicted molar refractivity (Wildman–Crippen MR) is 98.5 cm³/mol. The summed E-state index contributed by atoms with van der Waals surface area (Å²) >= 11 is 0. The monoisotopic (exact) mass is 384 g/mol. The van der Waals surface area contributed by atoms with E-state index < -0.39 is 23.6 Å². The van der Waals surface area contributed by atoms with Crippen LogP contribution in [-0.2, 0) is 11.2 Å². The lowest BCUT2D eigenvalue weighted by atomic mass is 10.1. The van der Waals surface area contributed by atoms with E-state index in [-0.39, 0.29) is 18.6 Å². The Labute approximate surface area is 161 Å². The van der Waals surface area contributed by atoms with Gasteiger partial charge in [0.15, 0.2) is 11.5 Å². The Morgan fingerprint density at radius 1 is 1.25 bits per heavy atom. The Morgan fingerprint density at radius 3 is 2.68 bits per heavy atom. The van der Waals surface area contributed by atoms with E-state index in [9.17, 15) is 18.8 Å². The summed E-state index contributed by atoms with van der Waals surface area (Å²) in [5.41, 5.74) is 0.718. The first kappa shape index (κ1) is 20.7. The maximum Gasteiger partial charge on any atom is 0.221 e. The SMILES string of the molecule is C#CCOc1ccc(CCC(=O)NC(C#N)c2ccc(F)cc2F)cc1OC. The number of methoxy groups -OCH3 is 1. The molecule has 1 amide bonds. The topological polar surface area (TPSA) is 71.3 Å². The quantitative estimate of drug-likeness (QED) is 0.709. The highest BCUT2D eigenvalue weighted by molar-refractivity contribution is 5.77. The smallest absolute Gasteiger partial charge is 0.221 e. The highest BCUT2D eigenvalue weighted by atomic mass is 19.1. The van der Waals surface area contributed by atoms with Crippen molar-refractivity contribution in [2.45, 2.75) is 18.9 Å². The first-order valence-electron chi connectivity index (χ1n) is 8.35. The van der Waals surface area contributed by atoms with Crippen LogP contribution in [-0.4, -0.2) is 19.6 Å². The second-order valence-corrected chi connectivity index (χ2v) is 5.77. The van der Waals surface area contributed by atoms with E-state index >= 15 is 0 Å². The molecule has 0 aromatic heterocycles. The van der Waals surface area contributed by atoms with Gasteiger partial charge in [-0.05, 0) is 30.2 Å². The number of nitriles is 1. The molecule has 7 heteroatoms. The van der Waals surface area contributed by atoms with Gasteiger partial charge in [-0.15, -0.1) is 6.42 Å². The van der Waals surface area contributed by atoms with Crippen LogP contribution in [0.2, 0.25) is 0 Å². The molecule has 0 bridgehead atoms. The van der Waals surface area contributed by atoms with Crippen molar-refractivity contribution in [3.63, 3.8) is 0 Å². The maximum atomic E-state index is 13.8. The average Bonchev–Trinajstić information content (AvgIpc) is 2.69. The van der Waals surface area contributed by atoms with Crippen molar-refractivity contribution in [3.05, 3.63) is 59.2 Å². The minimum absolute atomic E-state index is 0.0642. The Bertz CT molecular complexity index is 932. The van der Waals surface area contributed by atoms with Gasteiger partial charge in [-0.1, -0.05) is 18.1 Å². The number of amides is 1. The third-order valence-electron chi connectivity index (χ3n) is 3.89. The van der Waals surface area contributed by atoms with Crippen LogP contribution >= 0.6 is 0 Å². The van der Waals surface area contributed by atoms with Gasteiger partial charge in [0.1, 0.15) is 24.3 Å². The Hall–Kier alpha value is -3.58. The summed E-state index contributed by atoms with van der Waals surface area (Å²) in [7, 11) is 1.49. The second-order valence-electron chi connectivity index (χ2n) is 5.77. The molecular formula is C21H18F2N2O3. The van der Waals surface area contributed by atoms with Crippen molar-refractivity contribution in [1.29, 1.82) is 5.26 Å². The van der Waals surface area contributed by atoms with Crippen LogP contribution < -0.4 is 14.8 Å². The lowest BCUT2D eigenvalue weighted by Crippen LogP contribution is -2.28. The average molecular weight is 384 g/mol. The fourth-order valence-corrected chi connectivity index (χ4v) is 2.51. The van der Waals surface area contributed by atoms with Crippen molar-refractivity contribution < 1.29 is 23.0 Å². The van der Waals surface area contributed by atoms with E-state index in [1.54, 1.807) is 24.3 Å². The second kappa shape index (κ2) is 9.94. The molecule has 0 aliphatic carbocycles. The van der Waals surface area contributed by atoms with Gasteiger partial charge < -0.3 is 14.8 Å². The van der Waals surface area contributed by atoms with Gasteiger partial charge in [0.05, 0.1) is 13.2 Å². The van der Waals surface area contributed by atoms with Crippen LogP contribution in [0.1, 0.15) is 23.6 Å². The molecule has 2 rings (SSSR count). The summed E-state index contributed by atoms with van der Waals surface area (Å²) in [5.74, 6) is 1.25. The Kier molecular flexibility index (Phi) is 7.36. The zero-order valence-electron chi connectivity index (χ0n) is 15.2. The number of halogens is 2. The molecule has 0 saturated heterocycles. The van der Waals surface area contributed by atoms with Crippen molar-refractivity contribution in [2.24, 2.45) is 0 Å². The summed E-state index contributed by atoms with van der Waals surface area (Å²) in [6.45, 7) is 0.105. The van der Waals surface area contributed by atoms with Gasteiger partial charge in [0, 0.05) is 18.1 Å². The summed E-state index contributed by atoms with van der Waals surface area (Å²) in [5, 5.41) is 11.6. The third kappa shape index (κ3) is 5.46. The first-order valence-corrected chi connectivity index (χ1v) is 8.35. The largest absolute Gasteiger partial charge is 0.493 e. The molecule has 0 heterocycles. The van der Waals surface area contributed by atoms with Gasteiger partial charge in [0.25, 0.3) is 0 Å². The van der Waals surface area contributed by atoms with E-state index in [4.69, 9.17) is 15.9 Å². The fourth-order valence-electron chi connectivity index (χ4n) is 2.51. The summed E-state index contributed by atoms with van der Waals surface area (Å²) < 4.78 is 37.4. The standard InChI is InChI=1S/C21H18F2N2O3/c1-3-10-28-19-8-4-14(11-20(19)27-2)5-9-21(26)25-18(13-24)16-7-6-15(22)12-17(16)23/h1,4,6-8,11-12,18H,5,9-10H2,2H3,(H,25,26). The fraction of sp³-hybridized carbons (Fsp3) is 0.238. The number of carbonyl (C=O) groups is 1.